The van der Waals surface area contributed by atoms with Gasteiger partial charge in [0.1, 0.15) is 23.0 Å². The first-order chi connectivity index (χ1) is 15.5. The van der Waals surface area contributed by atoms with Crippen molar-refractivity contribution in [1.82, 2.24) is 34.7 Å². The molecule has 1 fully saturated rings. The summed E-state index contributed by atoms with van der Waals surface area (Å²) in [5.41, 5.74) is 3.98. The Morgan fingerprint density at radius 3 is 2.72 bits per heavy atom. The third kappa shape index (κ3) is 3.47. The molecule has 0 aliphatic carbocycles. The summed E-state index contributed by atoms with van der Waals surface area (Å²) in [6, 6.07) is 6.02. The van der Waals surface area contributed by atoms with Gasteiger partial charge in [-0.3, -0.25) is 4.68 Å². The average Bonchev–Trinajstić information content (AvgIpc) is 3.38. The number of fused-ring (bicyclic) bond motifs is 1. The van der Waals surface area contributed by atoms with Crippen LogP contribution < -0.4 is 10.2 Å². The van der Waals surface area contributed by atoms with Crippen LogP contribution in [0.15, 0.2) is 43.1 Å². The number of nitrogens with one attached hydrogen (secondary N) is 1. The lowest BCUT2D eigenvalue weighted by molar-refractivity contribution is 0.191. The Bertz CT molecular complexity index is 1340. The Morgan fingerprint density at radius 1 is 1.22 bits per heavy atom. The average molecular weight is 429 g/mol. The minimum absolute atomic E-state index is 0.273. The maximum Gasteiger partial charge on any atom is 0.404 e. The van der Waals surface area contributed by atoms with E-state index in [4.69, 9.17) is 10.1 Å². The fourth-order valence-corrected chi connectivity index (χ4v) is 3.82. The molecular weight excluding hydrogens is 410 g/mol. The third-order valence-corrected chi connectivity index (χ3v) is 5.46. The van der Waals surface area contributed by atoms with E-state index in [2.05, 4.69) is 31.5 Å². The molecule has 5 heterocycles. The van der Waals surface area contributed by atoms with Crippen molar-refractivity contribution in [3.63, 3.8) is 0 Å². The van der Waals surface area contributed by atoms with Crippen molar-refractivity contribution in [3.05, 3.63) is 48.7 Å². The van der Waals surface area contributed by atoms with Crippen molar-refractivity contribution in [2.24, 2.45) is 13.0 Å². The second kappa shape index (κ2) is 7.66. The molecule has 32 heavy (non-hydrogen) atoms. The molecule has 4 aromatic heterocycles. The lowest BCUT2D eigenvalue weighted by Crippen LogP contribution is -2.51. The molecule has 1 aliphatic heterocycles. The molecule has 0 atom stereocenters. The van der Waals surface area contributed by atoms with Crippen LogP contribution in [0.3, 0.4) is 0 Å². The highest BCUT2D eigenvalue weighted by Crippen LogP contribution is 2.30. The van der Waals surface area contributed by atoms with Gasteiger partial charge in [-0.05, 0) is 12.1 Å². The van der Waals surface area contributed by atoms with E-state index < -0.39 is 6.09 Å². The van der Waals surface area contributed by atoms with E-state index in [0.717, 1.165) is 30.0 Å². The summed E-state index contributed by atoms with van der Waals surface area (Å²) in [6.07, 6.45) is 7.64. The van der Waals surface area contributed by atoms with Gasteiger partial charge in [-0.15, -0.1) is 0 Å². The number of carboxylic acid groups (broad SMARTS) is 1. The number of aryl methyl sites for hydroxylation is 1. The van der Waals surface area contributed by atoms with Gasteiger partial charge >= 0.3 is 6.09 Å². The molecule has 11 heteroatoms. The molecule has 1 saturated heterocycles. The molecule has 0 spiro atoms. The first-order valence-corrected chi connectivity index (χ1v) is 9.97. The smallest absolute Gasteiger partial charge is 0.404 e. The van der Waals surface area contributed by atoms with E-state index >= 15 is 0 Å². The molecule has 0 aromatic carbocycles. The summed E-state index contributed by atoms with van der Waals surface area (Å²) in [5.74, 6) is 1.09. The van der Waals surface area contributed by atoms with Crippen molar-refractivity contribution < 1.29 is 9.90 Å². The number of nitrogens with zero attached hydrogens (tertiary/aromatic N) is 8. The summed E-state index contributed by atoms with van der Waals surface area (Å²) in [4.78, 5) is 22.1. The van der Waals surface area contributed by atoms with Gasteiger partial charge < -0.3 is 15.3 Å². The number of amides is 1. The molecule has 5 rings (SSSR count). The molecule has 160 valence electrons. The maximum absolute atomic E-state index is 10.6. The molecule has 4 aromatic rings. The molecule has 11 nitrogen and oxygen atoms in total. The third-order valence-electron chi connectivity index (χ3n) is 5.46. The summed E-state index contributed by atoms with van der Waals surface area (Å²) < 4.78 is 3.36. The lowest BCUT2D eigenvalue weighted by atomic mass is 10.00. The van der Waals surface area contributed by atoms with Gasteiger partial charge in [0.2, 0.25) is 0 Å². The van der Waals surface area contributed by atoms with Gasteiger partial charge in [-0.25, -0.2) is 19.3 Å². The highest BCUT2D eigenvalue weighted by molar-refractivity contribution is 5.83. The van der Waals surface area contributed by atoms with Crippen molar-refractivity contribution in [2.75, 3.05) is 24.5 Å². The topological polar surface area (TPSA) is 137 Å². The van der Waals surface area contributed by atoms with E-state index in [9.17, 15) is 10.1 Å². The van der Waals surface area contributed by atoms with Crippen LogP contribution >= 0.6 is 0 Å². The largest absolute Gasteiger partial charge is 0.465 e. The van der Waals surface area contributed by atoms with Gasteiger partial charge in [-0.1, -0.05) is 0 Å². The van der Waals surface area contributed by atoms with Crippen molar-refractivity contribution in [2.45, 2.75) is 0 Å². The maximum atomic E-state index is 10.6. The lowest BCUT2D eigenvalue weighted by Gasteiger charge is -2.40. The van der Waals surface area contributed by atoms with Gasteiger partial charge in [-0.2, -0.15) is 15.5 Å². The Morgan fingerprint density at radius 2 is 2.06 bits per heavy atom. The number of anilines is 1. The van der Waals surface area contributed by atoms with Crippen LogP contribution in [-0.2, 0) is 7.05 Å². The zero-order chi connectivity index (χ0) is 22.2. The number of aromatic nitrogens is 6. The van der Waals surface area contributed by atoms with Crippen LogP contribution in [0.2, 0.25) is 0 Å². The molecule has 0 unspecified atom stereocenters. The van der Waals surface area contributed by atoms with Crippen LogP contribution in [0, 0.1) is 17.2 Å². The SMILES string of the molecule is Cn1cc(-c2cn3ncc(C#N)c3c(-c3ccc(N4CC(CNC(=O)O)C4)nc3)n2)cn1. The zero-order valence-electron chi connectivity index (χ0n) is 17.2. The zero-order valence-corrected chi connectivity index (χ0v) is 17.2. The van der Waals surface area contributed by atoms with Crippen molar-refractivity contribution in [1.29, 1.82) is 5.26 Å². The molecule has 1 amide bonds. The van der Waals surface area contributed by atoms with Crippen LogP contribution in [0.5, 0.6) is 0 Å². The number of pyridine rings is 1. The second-order valence-electron chi connectivity index (χ2n) is 7.70. The number of hydrogen-bond donors (Lipinski definition) is 2. The minimum atomic E-state index is -1.00. The van der Waals surface area contributed by atoms with Gasteiger partial charge in [0.05, 0.1) is 30.0 Å². The van der Waals surface area contributed by atoms with Crippen LogP contribution in [0.1, 0.15) is 5.56 Å². The Balaban J connectivity index is 1.46. The molecule has 1 aliphatic rings. The van der Waals surface area contributed by atoms with E-state index in [0.29, 0.717) is 29.0 Å². The summed E-state index contributed by atoms with van der Waals surface area (Å²) in [6.45, 7) is 1.92. The first kappa shape index (κ1) is 19.5. The van der Waals surface area contributed by atoms with Gasteiger partial charge in [0.25, 0.3) is 0 Å². The van der Waals surface area contributed by atoms with E-state index in [-0.39, 0.29) is 5.92 Å². The van der Waals surface area contributed by atoms with Crippen molar-refractivity contribution >= 4 is 17.4 Å². The molecule has 0 bridgehead atoms. The molecule has 2 N–H and O–H groups in total. The van der Waals surface area contributed by atoms with E-state index in [1.54, 1.807) is 27.8 Å². The van der Waals surface area contributed by atoms with Crippen LogP contribution in [-0.4, -0.2) is 60.2 Å². The highest BCUT2D eigenvalue weighted by atomic mass is 16.4. The predicted molar refractivity (Wildman–Crippen MR) is 115 cm³/mol. The fraction of sp³-hybridized carbons (Fsp3) is 0.238. The number of carbonyl (C=O) groups is 1. The predicted octanol–water partition coefficient (Wildman–Crippen LogP) is 1.77. The molecular formula is C21H19N9O2. The molecule has 0 saturated carbocycles. The monoisotopic (exact) mass is 429 g/mol. The first-order valence-electron chi connectivity index (χ1n) is 9.97. The van der Waals surface area contributed by atoms with E-state index in [1.165, 1.54) is 6.20 Å². The number of rotatable bonds is 5. The minimum Gasteiger partial charge on any atom is -0.465 e. The van der Waals surface area contributed by atoms with Crippen LogP contribution in [0.4, 0.5) is 10.6 Å². The number of hydrogen-bond acceptors (Lipinski definition) is 7. The fourth-order valence-electron chi connectivity index (χ4n) is 3.82. The normalized spacial score (nSPS) is 13.7. The second-order valence-corrected chi connectivity index (χ2v) is 7.70. The Kier molecular flexibility index (Phi) is 4.67. The highest BCUT2D eigenvalue weighted by Gasteiger charge is 2.28. The van der Waals surface area contributed by atoms with E-state index in [1.807, 2.05) is 25.4 Å². The number of nitriles is 1. The Hall–Kier alpha value is -4.46. The van der Waals surface area contributed by atoms with Gasteiger partial charge in [0, 0.05) is 56.1 Å². The standard InChI is InChI=1S/C21H19N9O2/c1-28-11-16(8-25-28)17-12-30-20(15(4-22)7-26-30)19(27-17)14-2-3-18(23-6-14)29-9-13(10-29)5-24-21(31)32/h2-3,6-8,11-13,24H,5,9-10H2,1H3,(H,31,32). The summed E-state index contributed by atoms with van der Waals surface area (Å²) in [7, 11) is 1.84. The van der Waals surface area contributed by atoms with Crippen molar-refractivity contribution in [3.8, 4) is 28.6 Å². The Labute approximate surface area is 182 Å². The summed E-state index contributed by atoms with van der Waals surface area (Å²) in [5, 5.41) is 29.2. The quantitative estimate of drug-likeness (QED) is 0.490. The molecule has 0 radical (unpaired) electrons. The van der Waals surface area contributed by atoms with Gasteiger partial charge in [0.15, 0.2) is 0 Å². The summed E-state index contributed by atoms with van der Waals surface area (Å²) >= 11 is 0. The van der Waals surface area contributed by atoms with Crippen LogP contribution in [0.25, 0.3) is 28.0 Å².